The molecule has 1 fully saturated rings. The van der Waals surface area contributed by atoms with E-state index in [1.54, 1.807) is 6.07 Å². The van der Waals surface area contributed by atoms with Gasteiger partial charge in [-0.05, 0) is 49.2 Å². The van der Waals surface area contributed by atoms with Crippen molar-refractivity contribution in [1.29, 1.82) is 0 Å². The molecule has 2 N–H and O–H groups in total. The smallest absolute Gasteiger partial charge is 0.246 e. The number of aryl methyl sites for hydroxylation is 2. The van der Waals surface area contributed by atoms with Crippen molar-refractivity contribution >= 4 is 10.0 Å². The lowest BCUT2D eigenvalue weighted by atomic mass is 10.0. The molecule has 0 amide bonds. The number of nitrogens with zero attached hydrogens (tertiary/aromatic N) is 1. The molecule has 5 nitrogen and oxygen atoms in total. The highest BCUT2D eigenvalue weighted by molar-refractivity contribution is 7.89. The molecule has 0 aromatic heterocycles. The van der Waals surface area contributed by atoms with Gasteiger partial charge in [-0.2, -0.15) is 4.31 Å². The standard InChI is InChI=1S/C19H23FN2O3S/c1-14-11-16(18(23)12-15(14)2)13-21-7-9-22(10-8-21)26(24,25)19-6-4-3-5-17(19)20/h3-6,11-12,23H,7-10,13H2,1-2H3/p+1. The second-order valence-corrected chi connectivity index (χ2v) is 8.73. The van der Waals surface area contributed by atoms with E-state index < -0.39 is 15.8 Å². The Balaban J connectivity index is 1.68. The maximum atomic E-state index is 13.9. The molecule has 0 aliphatic carbocycles. The van der Waals surface area contributed by atoms with Crippen LogP contribution >= 0.6 is 0 Å². The summed E-state index contributed by atoms with van der Waals surface area (Å²) in [6.45, 7) is 6.49. The Kier molecular flexibility index (Phi) is 5.32. The average Bonchev–Trinajstić information content (AvgIpc) is 2.60. The first-order valence-corrected chi connectivity index (χ1v) is 10.1. The summed E-state index contributed by atoms with van der Waals surface area (Å²) < 4.78 is 40.5. The molecule has 1 aliphatic rings. The number of sulfonamides is 1. The van der Waals surface area contributed by atoms with Gasteiger partial charge in [-0.1, -0.05) is 12.1 Å². The number of hydrogen-bond donors (Lipinski definition) is 2. The van der Waals surface area contributed by atoms with Crippen LogP contribution in [0.3, 0.4) is 0 Å². The van der Waals surface area contributed by atoms with Crippen LogP contribution in [0.1, 0.15) is 16.7 Å². The molecule has 1 heterocycles. The fourth-order valence-electron chi connectivity index (χ4n) is 3.28. The number of rotatable bonds is 4. The number of piperazine rings is 1. The van der Waals surface area contributed by atoms with Crippen molar-refractivity contribution in [2.45, 2.75) is 25.3 Å². The van der Waals surface area contributed by atoms with E-state index >= 15 is 0 Å². The molecule has 3 rings (SSSR count). The third-order valence-corrected chi connectivity index (χ3v) is 6.95. The Morgan fingerprint density at radius 2 is 1.73 bits per heavy atom. The van der Waals surface area contributed by atoms with Gasteiger partial charge in [-0.15, -0.1) is 0 Å². The van der Waals surface area contributed by atoms with Crippen molar-refractivity contribution in [2.24, 2.45) is 0 Å². The zero-order valence-corrected chi connectivity index (χ0v) is 15.8. The zero-order chi connectivity index (χ0) is 18.9. The van der Waals surface area contributed by atoms with Crippen molar-refractivity contribution < 1.29 is 22.8 Å². The van der Waals surface area contributed by atoms with Crippen molar-refractivity contribution in [3.63, 3.8) is 0 Å². The van der Waals surface area contributed by atoms with Crippen molar-refractivity contribution in [3.05, 3.63) is 58.9 Å². The molecule has 2 aromatic carbocycles. The SMILES string of the molecule is Cc1cc(O)c(C[NH+]2CCN(S(=O)(=O)c3ccccc3F)CC2)cc1C. The van der Waals surface area contributed by atoms with Gasteiger partial charge in [0.1, 0.15) is 23.0 Å². The lowest BCUT2D eigenvalue weighted by molar-refractivity contribution is -0.917. The van der Waals surface area contributed by atoms with E-state index in [1.165, 1.54) is 27.4 Å². The van der Waals surface area contributed by atoms with Crippen molar-refractivity contribution in [3.8, 4) is 5.75 Å². The third kappa shape index (κ3) is 3.75. The molecule has 0 spiro atoms. The van der Waals surface area contributed by atoms with E-state index in [4.69, 9.17) is 0 Å². The Hall–Kier alpha value is -1.96. The Morgan fingerprint density at radius 1 is 1.12 bits per heavy atom. The largest absolute Gasteiger partial charge is 0.507 e. The van der Waals surface area contributed by atoms with Gasteiger partial charge in [-0.25, -0.2) is 12.8 Å². The first-order valence-electron chi connectivity index (χ1n) is 8.66. The van der Waals surface area contributed by atoms with E-state index in [0.717, 1.165) is 22.8 Å². The number of halogens is 1. The van der Waals surface area contributed by atoms with Crippen LogP contribution in [0, 0.1) is 19.7 Å². The van der Waals surface area contributed by atoms with E-state index in [-0.39, 0.29) is 10.6 Å². The number of quaternary nitrogens is 1. The normalized spacial score (nSPS) is 16.7. The molecule has 26 heavy (non-hydrogen) atoms. The van der Waals surface area contributed by atoms with Gasteiger partial charge >= 0.3 is 0 Å². The van der Waals surface area contributed by atoms with Crippen LogP contribution < -0.4 is 4.90 Å². The molecule has 140 valence electrons. The average molecular weight is 379 g/mol. The summed E-state index contributed by atoms with van der Waals surface area (Å²) in [5.74, 6) is -0.440. The highest BCUT2D eigenvalue weighted by Gasteiger charge is 2.32. The van der Waals surface area contributed by atoms with Crippen LogP contribution in [0.2, 0.25) is 0 Å². The van der Waals surface area contributed by atoms with Gasteiger partial charge in [-0.3, -0.25) is 0 Å². The highest BCUT2D eigenvalue weighted by Crippen LogP contribution is 2.22. The molecule has 0 radical (unpaired) electrons. The molecular formula is C19H24FN2O3S+. The van der Waals surface area contributed by atoms with E-state index in [0.29, 0.717) is 32.7 Å². The molecule has 1 saturated heterocycles. The second-order valence-electron chi connectivity index (χ2n) is 6.83. The zero-order valence-electron chi connectivity index (χ0n) is 15.0. The maximum Gasteiger partial charge on any atom is 0.246 e. The number of phenolic OH excluding ortho intramolecular Hbond substituents is 1. The Labute approximate surface area is 153 Å². The predicted octanol–water partition coefficient (Wildman–Crippen LogP) is 1.24. The molecule has 1 aliphatic heterocycles. The summed E-state index contributed by atoms with van der Waals surface area (Å²) in [5.41, 5.74) is 3.04. The summed E-state index contributed by atoms with van der Waals surface area (Å²) in [4.78, 5) is 0.929. The minimum Gasteiger partial charge on any atom is -0.507 e. The highest BCUT2D eigenvalue weighted by atomic mass is 32.2. The molecule has 2 aromatic rings. The number of nitrogens with one attached hydrogen (secondary N) is 1. The molecule has 0 unspecified atom stereocenters. The number of benzene rings is 2. The van der Waals surface area contributed by atoms with E-state index in [2.05, 4.69) is 0 Å². The van der Waals surface area contributed by atoms with Crippen molar-refractivity contribution in [2.75, 3.05) is 26.2 Å². The van der Waals surface area contributed by atoms with E-state index in [1.807, 2.05) is 19.9 Å². The molecule has 0 bridgehead atoms. The lowest BCUT2D eigenvalue weighted by Crippen LogP contribution is -3.13. The summed E-state index contributed by atoms with van der Waals surface area (Å²) in [6, 6.07) is 9.23. The van der Waals surface area contributed by atoms with Gasteiger partial charge in [0.2, 0.25) is 10.0 Å². The second kappa shape index (κ2) is 7.34. The predicted molar refractivity (Wildman–Crippen MR) is 97.1 cm³/mol. The Bertz CT molecular complexity index is 907. The van der Waals surface area contributed by atoms with Crippen LogP contribution in [0.4, 0.5) is 4.39 Å². The lowest BCUT2D eigenvalue weighted by Gasteiger charge is -2.31. The first-order chi connectivity index (χ1) is 12.3. The van der Waals surface area contributed by atoms with Crippen LogP contribution in [-0.2, 0) is 16.6 Å². The summed E-state index contributed by atoms with van der Waals surface area (Å²) in [6.07, 6.45) is 0. The van der Waals surface area contributed by atoms with Crippen LogP contribution in [0.5, 0.6) is 5.75 Å². The van der Waals surface area contributed by atoms with Crippen LogP contribution in [0.15, 0.2) is 41.3 Å². The van der Waals surface area contributed by atoms with Gasteiger partial charge in [0.25, 0.3) is 0 Å². The summed E-state index contributed by atoms with van der Waals surface area (Å²) >= 11 is 0. The molecule has 0 atom stereocenters. The topological polar surface area (TPSA) is 62.1 Å². The number of aromatic hydroxyl groups is 1. The van der Waals surface area contributed by atoms with Crippen LogP contribution in [0.25, 0.3) is 0 Å². The summed E-state index contributed by atoms with van der Waals surface area (Å²) in [7, 11) is -3.81. The van der Waals surface area contributed by atoms with Gasteiger partial charge in [0, 0.05) is 5.56 Å². The van der Waals surface area contributed by atoms with E-state index in [9.17, 15) is 17.9 Å². The molecule has 0 saturated carbocycles. The van der Waals surface area contributed by atoms with Crippen LogP contribution in [-0.4, -0.2) is 44.0 Å². The maximum absolute atomic E-state index is 13.9. The molecule has 7 heteroatoms. The van der Waals surface area contributed by atoms with Crippen molar-refractivity contribution in [1.82, 2.24) is 4.31 Å². The first kappa shape index (κ1) is 18.8. The number of hydrogen-bond acceptors (Lipinski definition) is 3. The monoisotopic (exact) mass is 379 g/mol. The fraction of sp³-hybridized carbons (Fsp3) is 0.368. The quantitative estimate of drug-likeness (QED) is 0.840. The van der Waals surface area contributed by atoms with Gasteiger partial charge in [0.05, 0.1) is 26.2 Å². The summed E-state index contributed by atoms with van der Waals surface area (Å²) in [5, 5.41) is 10.1. The molecular weight excluding hydrogens is 355 g/mol. The van der Waals surface area contributed by atoms with Gasteiger partial charge in [0.15, 0.2) is 0 Å². The van der Waals surface area contributed by atoms with Gasteiger partial charge < -0.3 is 10.0 Å². The minimum atomic E-state index is -3.81. The third-order valence-electron chi connectivity index (χ3n) is 5.02. The Morgan fingerprint density at radius 3 is 2.38 bits per heavy atom. The minimum absolute atomic E-state index is 0.268. The number of phenols is 1. The fourth-order valence-corrected chi connectivity index (χ4v) is 4.79.